The van der Waals surface area contributed by atoms with E-state index in [4.69, 9.17) is 4.74 Å². The number of aromatic nitrogens is 1. The summed E-state index contributed by atoms with van der Waals surface area (Å²) in [5, 5.41) is 6.51. The van der Waals surface area contributed by atoms with Crippen molar-refractivity contribution in [3.05, 3.63) is 89.4 Å². The highest BCUT2D eigenvalue weighted by molar-refractivity contribution is 5.94. The molecule has 0 unspecified atom stereocenters. The number of carbonyl (C=O) groups excluding carboxylic acids is 1. The first kappa shape index (κ1) is 23.7. The van der Waals surface area contributed by atoms with Gasteiger partial charge in [-0.05, 0) is 41.8 Å². The average molecular weight is 450 g/mol. The molecule has 3 rings (SSSR count). The SMILES string of the molecule is CN=C(NCCc1cccc(C(=O)N(C)C)c1)NCc1ccc(Oc2cccc(F)c2)nc1. The molecule has 0 fully saturated rings. The Morgan fingerprint density at radius 2 is 1.88 bits per heavy atom. The van der Waals surface area contributed by atoms with Gasteiger partial charge in [0.15, 0.2) is 5.96 Å². The fraction of sp³-hybridized carbons (Fsp3) is 0.240. The van der Waals surface area contributed by atoms with Crippen LogP contribution in [0.2, 0.25) is 0 Å². The standard InChI is InChI=1S/C25H28FN5O2/c1-27-25(28-13-12-18-6-4-7-20(14-18)24(32)31(2)3)30-17-19-10-11-23(29-16-19)33-22-9-5-8-21(26)15-22/h4-11,14-16H,12-13,17H2,1-3H3,(H2,27,28,30). The fourth-order valence-electron chi connectivity index (χ4n) is 3.08. The van der Waals surface area contributed by atoms with Crippen molar-refractivity contribution in [3.63, 3.8) is 0 Å². The van der Waals surface area contributed by atoms with Crippen LogP contribution in [0.5, 0.6) is 11.6 Å². The Hall–Kier alpha value is -3.94. The fourth-order valence-corrected chi connectivity index (χ4v) is 3.08. The number of nitrogens with one attached hydrogen (secondary N) is 2. The molecule has 0 aliphatic heterocycles. The summed E-state index contributed by atoms with van der Waals surface area (Å²) in [5.74, 6) is 1.08. The van der Waals surface area contributed by atoms with Crippen LogP contribution in [0, 0.1) is 5.82 Å². The van der Waals surface area contributed by atoms with E-state index in [-0.39, 0.29) is 11.7 Å². The van der Waals surface area contributed by atoms with Crippen molar-refractivity contribution in [2.45, 2.75) is 13.0 Å². The third-order valence-electron chi connectivity index (χ3n) is 4.79. The van der Waals surface area contributed by atoms with Crippen molar-refractivity contribution < 1.29 is 13.9 Å². The number of nitrogens with zero attached hydrogens (tertiary/aromatic N) is 3. The van der Waals surface area contributed by atoms with Crippen LogP contribution in [0.15, 0.2) is 71.9 Å². The molecule has 0 aliphatic carbocycles. The van der Waals surface area contributed by atoms with Crippen LogP contribution in [0.3, 0.4) is 0 Å². The maximum Gasteiger partial charge on any atom is 0.253 e. The smallest absolute Gasteiger partial charge is 0.253 e. The maximum atomic E-state index is 13.3. The number of aliphatic imine (C=N–C) groups is 1. The average Bonchev–Trinajstić information content (AvgIpc) is 2.82. The summed E-state index contributed by atoms with van der Waals surface area (Å²) in [6, 6.07) is 17.2. The summed E-state index contributed by atoms with van der Waals surface area (Å²) in [5.41, 5.74) is 2.69. The number of guanidine groups is 1. The lowest BCUT2D eigenvalue weighted by Gasteiger charge is -2.13. The van der Waals surface area contributed by atoms with Crippen LogP contribution < -0.4 is 15.4 Å². The van der Waals surface area contributed by atoms with E-state index in [1.165, 1.54) is 12.1 Å². The molecule has 1 heterocycles. The summed E-state index contributed by atoms with van der Waals surface area (Å²) in [7, 11) is 5.19. The second-order valence-corrected chi connectivity index (χ2v) is 7.57. The van der Waals surface area contributed by atoms with Gasteiger partial charge in [-0.2, -0.15) is 0 Å². The van der Waals surface area contributed by atoms with Gasteiger partial charge in [0.2, 0.25) is 5.88 Å². The number of benzene rings is 2. The zero-order chi connectivity index (χ0) is 23.6. The van der Waals surface area contributed by atoms with Crippen LogP contribution >= 0.6 is 0 Å². The summed E-state index contributed by atoms with van der Waals surface area (Å²) in [4.78, 5) is 22.2. The van der Waals surface area contributed by atoms with Crippen molar-refractivity contribution in [1.82, 2.24) is 20.5 Å². The lowest BCUT2D eigenvalue weighted by molar-refractivity contribution is 0.0827. The Bertz CT molecular complexity index is 1100. The Balaban J connectivity index is 1.46. The zero-order valence-corrected chi connectivity index (χ0v) is 19.0. The molecule has 3 aromatic rings. The number of rotatable bonds is 8. The molecule has 0 atom stereocenters. The molecule has 1 aromatic heterocycles. The van der Waals surface area contributed by atoms with E-state index in [1.807, 2.05) is 30.3 Å². The summed E-state index contributed by atoms with van der Waals surface area (Å²) < 4.78 is 18.8. The van der Waals surface area contributed by atoms with E-state index >= 15 is 0 Å². The minimum absolute atomic E-state index is 0.0109. The number of hydrogen-bond acceptors (Lipinski definition) is 4. The third-order valence-corrected chi connectivity index (χ3v) is 4.79. The van der Waals surface area contributed by atoms with Gasteiger partial charge in [0.25, 0.3) is 5.91 Å². The minimum Gasteiger partial charge on any atom is -0.439 e. The van der Waals surface area contributed by atoms with Gasteiger partial charge in [-0.25, -0.2) is 9.37 Å². The normalized spacial score (nSPS) is 11.1. The molecule has 0 aliphatic rings. The highest BCUT2D eigenvalue weighted by atomic mass is 19.1. The predicted octanol–water partition coefficient (Wildman–Crippen LogP) is 3.62. The monoisotopic (exact) mass is 449 g/mol. The maximum absolute atomic E-state index is 13.3. The number of halogens is 1. The molecule has 2 N–H and O–H groups in total. The molecule has 2 aromatic carbocycles. The van der Waals surface area contributed by atoms with E-state index in [0.717, 1.165) is 17.5 Å². The van der Waals surface area contributed by atoms with E-state index in [0.29, 0.717) is 36.2 Å². The van der Waals surface area contributed by atoms with E-state index < -0.39 is 0 Å². The Kier molecular flexibility index (Phi) is 8.35. The molecule has 0 radical (unpaired) electrons. The van der Waals surface area contributed by atoms with Crippen molar-refractivity contribution >= 4 is 11.9 Å². The highest BCUT2D eigenvalue weighted by Gasteiger charge is 2.08. The molecule has 1 amide bonds. The van der Waals surface area contributed by atoms with Gasteiger partial charge in [0.1, 0.15) is 11.6 Å². The second-order valence-electron chi connectivity index (χ2n) is 7.57. The summed E-state index contributed by atoms with van der Waals surface area (Å²) >= 11 is 0. The van der Waals surface area contributed by atoms with Crippen LogP contribution in [0.1, 0.15) is 21.5 Å². The molecule has 7 nitrogen and oxygen atoms in total. The number of ether oxygens (including phenoxy) is 1. The molecule has 0 bridgehead atoms. The number of amides is 1. The topological polar surface area (TPSA) is 78.9 Å². The Morgan fingerprint density at radius 1 is 1.06 bits per heavy atom. The van der Waals surface area contributed by atoms with Crippen LogP contribution in [0.25, 0.3) is 0 Å². The van der Waals surface area contributed by atoms with Crippen molar-refractivity contribution in [1.29, 1.82) is 0 Å². The van der Waals surface area contributed by atoms with Gasteiger partial charge in [0.05, 0.1) is 0 Å². The van der Waals surface area contributed by atoms with Crippen molar-refractivity contribution in [2.75, 3.05) is 27.7 Å². The summed E-state index contributed by atoms with van der Waals surface area (Å²) in [6.45, 7) is 1.19. The quantitative estimate of drug-likeness (QED) is 0.406. The first-order valence-electron chi connectivity index (χ1n) is 10.6. The molecule has 33 heavy (non-hydrogen) atoms. The van der Waals surface area contributed by atoms with Gasteiger partial charge < -0.3 is 20.3 Å². The van der Waals surface area contributed by atoms with Gasteiger partial charge in [0, 0.05) is 58.1 Å². The number of carbonyl (C=O) groups is 1. The molecule has 0 saturated carbocycles. The van der Waals surface area contributed by atoms with E-state index in [9.17, 15) is 9.18 Å². The van der Waals surface area contributed by atoms with E-state index in [1.54, 1.807) is 50.4 Å². The number of pyridine rings is 1. The first-order valence-corrected chi connectivity index (χ1v) is 10.6. The van der Waals surface area contributed by atoms with Crippen molar-refractivity contribution in [3.8, 4) is 11.6 Å². The minimum atomic E-state index is -0.359. The van der Waals surface area contributed by atoms with Crippen LogP contribution in [-0.2, 0) is 13.0 Å². The first-order chi connectivity index (χ1) is 15.9. The van der Waals surface area contributed by atoms with E-state index in [2.05, 4.69) is 20.6 Å². The lowest BCUT2D eigenvalue weighted by atomic mass is 10.1. The predicted molar refractivity (Wildman–Crippen MR) is 127 cm³/mol. The van der Waals surface area contributed by atoms with Gasteiger partial charge >= 0.3 is 0 Å². The summed E-state index contributed by atoms with van der Waals surface area (Å²) in [6.07, 6.45) is 2.45. The highest BCUT2D eigenvalue weighted by Crippen LogP contribution is 2.20. The van der Waals surface area contributed by atoms with Gasteiger partial charge in [-0.1, -0.05) is 24.3 Å². The largest absolute Gasteiger partial charge is 0.439 e. The molecular formula is C25H28FN5O2. The van der Waals surface area contributed by atoms with Crippen LogP contribution in [0.4, 0.5) is 4.39 Å². The molecule has 172 valence electrons. The molecular weight excluding hydrogens is 421 g/mol. The Morgan fingerprint density at radius 3 is 2.58 bits per heavy atom. The van der Waals surface area contributed by atoms with Crippen molar-refractivity contribution in [2.24, 2.45) is 4.99 Å². The number of hydrogen-bond donors (Lipinski definition) is 2. The van der Waals surface area contributed by atoms with Gasteiger partial charge in [-0.3, -0.25) is 9.79 Å². The van der Waals surface area contributed by atoms with Crippen LogP contribution in [-0.4, -0.2) is 49.4 Å². The second kappa shape index (κ2) is 11.6. The third kappa shape index (κ3) is 7.31. The Labute approximate surface area is 193 Å². The zero-order valence-electron chi connectivity index (χ0n) is 19.0. The molecule has 8 heteroatoms. The lowest BCUT2D eigenvalue weighted by Crippen LogP contribution is -2.37. The molecule has 0 spiro atoms. The molecule has 0 saturated heterocycles. The van der Waals surface area contributed by atoms with Gasteiger partial charge in [-0.15, -0.1) is 0 Å².